The van der Waals surface area contributed by atoms with Crippen LogP contribution in [0, 0.1) is 0 Å². The molecule has 5 aromatic rings. The molecule has 0 fully saturated rings. The average molecular weight is 524 g/mol. The van der Waals surface area contributed by atoms with Gasteiger partial charge in [-0.05, 0) is 36.2 Å². The van der Waals surface area contributed by atoms with Crippen molar-refractivity contribution in [1.29, 1.82) is 0 Å². The predicted octanol–water partition coefficient (Wildman–Crippen LogP) is 5.07. The van der Waals surface area contributed by atoms with Crippen molar-refractivity contribution in [3.63, 3.8) is 0 Å². The second-order valence-electron chi connectivity index (χ2n) is 8.95. The van der Waals surface area contributed by atoms with E-state index in [1.807, 2.05) is 61.5 Å². The van der Waals surface area contributed by atoms with E-state index in [0.29, 0.717) is 34.6 Å². The van der Waals surface area contributed by atoms with E-state index in [2.05, 4.69) is 15.2 Å². The number of methoxy groups -OCH3 is 2. The van der Waals surface area contributed by atoms with E-state index in [-0.39, 0.29) is 18.3 Å². The van der Waals surface area contributed by atoms with Gasteiger partial charge >= 0.3 is 0 Å². The molecule has 6 rings (SSSR count). The Morgan fingerprint density at radius 3 is 2.64 bits per heavy atom. The molecule has 1 atom stereocenters. The van der Waals surface area contributed by atoms with E-state index in [0.717, 1.165) is 28.0 Å². The van der Waals surface area contributed by atoms with Gasteiger partial charge < -0.3 is 24.2 Å². The topological polar surface area (TPSA) is 113 Å². The fraction of sp³-hybridized carbons (Fsp3) is 0.172. The number of ether oxygens (including phenoxy) is 3. The summed E-state index contributed by atoms with van der Waals surface area (Å²) in [4.78, 5) is 14.9. The number of oxime groups is 1. The van der Waals surface area contributed by atoms with E-state index < -0.39 is 0 Å². The molecule has 0 saturated carbocycles. The number of hydrogen-bond donors (Lipinski definition) is 1. The van der Waals surface area contributed by atoms with Crippen LogP contribution in [0.2, 0.25) is 0 Å². The minimum atomic E-state index is -0.336. The zero-order valence-corrected chi connectivity index (χ0v) is 21.5. The summed E-state index contributed by atoms with van der Waals surface area (Å²) >= 11 is 0. The van der Waals surface area contributed by atoms with Gasteiger partial charge in [0, 0.05) is 17.5 Å². The number of fused-ring (bicyclic) bond motifs is 4. The Hall–Kier alpha value is -5.12. The molecular weight excluding hydrogens is 498 g/mol. The van der Waals surface area contributed by atoms with Gasteiger partial charge in [-0.2, -0.15) is 0 Å². The Morgan fingerprint density at radius 1 is 1.03 bits per heavy atom. The number of hydrogen-bond acceptors (Lipinski definition) is 9. The van der Waals surface area contributed by atoms with Crippen LogP contribution in [0.3, 0.4) is 0 Å². The highest BCUT2D eigenvalue weighted by molar-refractivity contribution is 5.98. The molecule has 0 aliphatic carbocycles. The smallest absolute Gasteiger partial charge is 0.228 e. The molecule has 39 heavy (non-hydrogen) atoms. The number of aromatic hydroxyl groups is 1. The SMILES string of the molecule is COc1ccc(C2c3ccc(O)cc3Oc3ncn4nc(CO/N=C(/C)c5ccccc5)nc4c32)cc1OC. The Kier molecular flexibility index (Phi) is 6.20. The van der Waals surface area contributed by atoms with Gasteiger partial charge in [-0.25, -0.2) is 14.5 Å². The van der Waals surface area contributed by atoms with Crippen molar-refractivity contribution in [2.75, 3.05) is 14.2 Å². The molecule has 196 valence electrons. The molecule has 10 heteroatoms. The Balaban J connectivity index is 1.41. The van der Waals surface area contributed by atoms with Crippen molar-refractivity contribution in [2.45, 2.75) is 19.4 Å². The second-order valence-corrected chi connectivity index (χ2v) is 8.95. The number of aromatic nitrogens is 4. The predicted molar refractivity (Wildman–Crippen MR) is 143 cm³/mol. The van der Waals surface area contributed by atoms with E-state index in [9.17, 15) is 5.11 Å². The fourth-order valence-corrected chi connectivity index (χ4v) is 4.71. The van der Waals surface area contributed by atoms with Gasteiger partial charge in [0.1, 0.15) is 17.8 Å². The monoisotopic (exact) mass is 523 g/mol. The van der Waals surface area contributed by atoms with Crippen LogP contribution in [0.1, 0.15) is 40.9 Å². The summed E-state index contributed by atoms with van der Waals surface area (Å²) in [6, 6.07) is 20.6. The molecule has 3 aromatic carbocycles. The van der Waals surface area contributed by atoms with Crippen molar-refractivity contribution >= 4 is 11.4 Å². The summed E-state index contributed by atoms with van der Waals surface area (Å²) < 4.78 is 18.8. The lowest BCUT2D eigenvalue weighted by molar-refractivity contribution is 0.125. The molecule has 1 aliphatic rings. The summed E-state index contributed by atoms with van der Waals surface area (Å²) in [5.41, 5.74) is 4.76. The van der Waals surface area contributed by atoms with Gasteiger partial charge in [0.15, 0.2) is 29.6 Å². The molecule has 0 bridgehead atoms. The first-order valence-corrected chi connectivity index (χ1v) is 12.2. The molecule has 1 N–H and O–H groups in total. The maximum Gasteiger partial charge on any atom is 0.228 e. The lowest BCUT2D eigenvalue weighted by Gasteiger charge is -2.28. The van der Waals surface area contributed by atoms with E-state index in [4.69, 9.17) is 24.0 Å². The average Bonchev–Trinajstić information content (AvgIpc) is 3.39. The highest BCUT2D eigenvalue weighted by atomic mass is 16.6. The van der Waals surface area contributed by atoms with Crippen LogP contribution in [0.4, 0.5) is 0 Å². The lowest BCUT2D eigenvalue weighted by atomic mass is 9.83. The van der Waals surface area contributed by atoms with Crippen LogP contribution in [-0.4, -0.2) is 44.6 Å². The zero-order valence-electron chi connectivity index (χ0n) is 21.5. The van der Waals surface area contributed by atoms with Crippen LogP contribution in [0.15, 0.2) is 78.2 Å². The summed E-state index contributed by atoms with van der Waals surface area (Å²) in [5, 5.41) is 18.9. The number of nitrogens with zero attached hydrogens (tertiary/aromatic N) is 5. The summed E-state index contributed by atoms with van der Waals surface area (Å²) in [6.07, 6.45) is 1.54. The van der Waals surface area contributed by atoms with Crippen molar-refractivity contribution in [2.24, 2.45) is 5.16 Å². The summed E-state index contributed by atoms with van der Waals surface area (Å²) in [5.74, 6) is 2.28. The normalized spacial score (nSPS) is 14.3. The van der Waals surface area contributed by atoms with Crippen LogP contribution in [-0.2, 0) is 11.4 Å². The van der Waals surface area contributed by atoms with Crippen LogP contribution >= 0.6 is 0 Å². The first kappa shape index (κ1) is 24.2. The molecule has 10 nitrogen and oxygen atoms in total. The lowest BCUT2D eigenvalue weighted by Crippen LogP contribution is -2.15. The first-order chi connectivity index (χ1) is 19.1. The van der Waals surface area contributed by atoms with Gasteiger partial charge in [0.25, 0.3) is 0 Å². The van der Waals surface area contributed by atoms with E-state index in [1.54, 1.807) is 37.2 Å². The quantitative estimate of drug-likeness (QED) is 0.228. The van der Waals surface area contributed by atoms with Gasteiger partial charge in [-0.15, -0.1) is 5.10 Å². The Bertz CT molecular complexity index is 1700. The zero-order chi connectivity index (χ0) is 26.9. The van der Waals surface area contributed by atoms with Crippen LogP contribution in [0.25, 0.3) is 5.65 Å². The van der Waals surface area contributed by atoms with Crippen molar-refractivity contribution < 1.29 is 24.2 Å². The van der Waals surface area contributed by atoms with Crippen molar-refractivity contribution in [3.05, 3.63) is 101 Å². The van der Waals surface area contributed by atoms with Crippen molar-refractivity contribution in [3.8, 4) is 28.9 Å². The van der Waals surface area contributed by atoms with Crippen LogP contribution in [0.5, 0.6) is 28.9 Å². The minimum absolute atomic E-state index is 0.0764. The third-order valence-corrected chi connectivity index (χ3v) is 6.56. The van der Waals surface area contributed by atoms with Gasteiger partial charge in [-0.3, -0.25) is 0 Å². The molecule has 1 aliphatic heterocycles. The van der Waals surface area contributed by atoms with Gasteiger partial charge in [0.05, 0.1) is 25.5 Å². The molecule has 0 spiro atoms. The molecule has 0 saturated heterocycles. The van der Waals surface area contributed by atoms with Crippen LogP contribution < -0.4 is 14.2 Å². The third kappa shape index (κ3) is 4.46. The standard InChI is InChI=1S/C29H25N5O5/c1-17(18-7-5-4-6-8-18)33-38-15-25-31-28-27-26(19-9-12-22(36-2)24(13-19)37-3)21-11-10-20(35)14-23(21)39-29(27)30-16-34(28)32-25/h4-14,16,26,35H,15H2,1-3H3/b33-17-. The molecule has 1 unspecified atom stereocenters. The number of rotatable bonds is 7. The molecule has 2 aromatic heterocycles. The first-order valence-electron chi connectivity index (χ1n) is 12.2. The molecule has 0 radical (unpaired) electrons. The highest BCUT2D eigenvalue weighted by Crippen LogP contribution is 2.49. The number of benzene rings is 3. The van der Waals surface area contributed by atoms with E-state index >= 15 is 0 Å². The largest absolute Gasteiger partial charge is 0.508 e. The van der Waals surface area contributed by atoms with E-state index in [1.165, 1.54) is 0 Å². The second kappa shape index (κ2) is 9.97. The van der Waals surface area contributed by atoms with Gasteiger partial charge in [0.2, 0.25) is 5.88 Å². The van der Waals surface area contributed by atoms with Crippen molar-refractivity contribution in [1.82, 2.24) is 19.6 Å². The minimum Gasteiger partial charge on any atom is -0.508 e. The number of phenolic OH excluding ortho intramolecular Hbond substituents is 1. The number of phenols is 1. The Morgan fingerprint density at radius 2 is 1.85 bits per heavy atom. The maximum absolute atomic E-state index is 10.1. The molecule has 0 amide bonds. The maximum atomic E-state index is 10.1. The fourth-order valence-electron chi connectivity index (χ4n) is 4.71. The van der Waals surface area contributed by atoms with Gasteiger partial charge in [-0.1, -0.05) is 47.6 Å². The highest BCUT2D eigenvalue weighted by Gasteiger charge is 2.34. The molecule has 3 heterocycles. The third-order valence-electron chi connectivity index (χ3n) is 6.56. The molecular formula is C29H25N5O5. The summed E-state index contributed by atoms with van der Waals surface area (Å²) in [6.45, 7) is 1.96. The Labute approximate surface area is 224 Å². The summed E-state index contributed by atoms with van der Waals surface area (Å²) in [7, 11) is 3.19.